The van der Waals surface area contributed by atoms with Crippen LogP contribution in [0.4, 0.5) is 11.4 Å². The number of ether oxygens (including phenoxy) is 2. The molecule has 7 nitrogen and oxygen atoms in total. The number of hydrogen-bond donors (Lipinski definition) is 1. The molecule has 0 radical (unpaired) electrons. The van der Waals surface area contributed by atoms with Crippen LogP contribution in [0.5, 0.6) is 11.5 Å². The van der Waals surface area contributed by atoms with E-state index in [1.165, 1.54) is 11.8 Å². The summed E-state index contributed by atoms with van der Waals surface area (Å²) in [6, 6.07) is 22.8. The topological polar surface area (TPSA) is 80.2 Å². The second-order valence-corrected chi connectivity index (χ2v) is 9.55. The van der Waals surface area contributed by atoms with E-state index in [0.717, 1.165) is 16.8 Å². The molecule has 8 heteroatoms. The van der Waals surface area contributed by atoms with Crippen LogP contribution in [-0.2, 0) is 16.0 Å². The Hall–Kier alpha value is -3.78. The fourth-order valence-corrected chi connectivity index (χ4v) is 5.02. The predicted molar refractivity (Wildman–Crippen MR) is 144 cm³/mol. The van der Waals surface area contributed by atoms with Crippen LogP contribution in [0, 0.1) is 6.92 Å². The van der Waals surface area contributed by atoms with Crippen molar-refractivity contribution in [3.63, 3.8) is 0 Å². The third-order valence-electron chi connectivity index (χ3n) is 5.77. The van der Waals surface area contributed by atoms with E-state index in [9.17, 15) is 9.59 Å². The second kappa shape index (κ2) is 11.8. The van der Waals surface area contributed by atoms with E-state index >= 15 is 0 Å². The number of nitrogens with one attached hydrogen (secondary N) is 1. The molecule has 3 aromatic carbocycles. The molecule has 186 valence electrons. The summed E-state index contributed by atoms with van der Waals surface area (Å²) >= 11 is 1.32. The molecule has 1 atom stereocenters. The summed E-state index contributed by atoms with van der Waals surface area (Å²) in [5, 5.41) is 2.89. The molecule has 1 aliphatic rings. The summed E-state index contributed by atoms with van der Waals surface area (Å²) in [4.78, 5) is 32.7. The van der Waals surface area contributed by atoms with Crippen LogP contribution < -0.4 is 14.8 Å². The van der Waals surface area contributed by atoms with Gasteiger partial charge in [0.1, 0.15) is 5.25 Å². The molecule has 0 aliphatic carbocycles. The summed E-state index contributed by atoms with van der Waals surface area (Å²) < 4.78 is 10.7. The molecule has 1 heterocycles. The molecular formula is C28H29N3O4S. The third-order valence-corrected chi connectivity index (χ3v) is 6.96. The molecule has 3 aromatic rings. The van der Waals surface area contributed by atoms with Crippen LogP contribution in [0.3, 0.4) is 0 Å². The number of para-hydroxylation sites is 1. The standard InChI is InChI=1S/C28H29N3O4S/c1-19-8-7-11-22(16-19)29-27(33)25-18-26(32)31(28(36-25)30-21-9-5-4-6-10-21)15-14-20-12-13-23(34-2)24(17-20)35-3/h4-13,16-17,25H,14-15,18H2,1-3H3,(H,29,33)/t25-/m0/s1. The van der Waals surface area contributed by atoms with Crippen LogP contribution in [0.25, 0.3) is 0 Å². The zero-order chi connectivity index (χ0) is 25.5. The van der Waals surface area contributed by atoms with Crippen molar-refractivity contribution < 1.29 is 19.1 Å². The van der Waals surface area contributed by atoms with Crippen molar-refractivity contribution in [3.8, 4) is 11.5 Å². The third kappa shape index (κ3) is 6.26. The number of thioether (sulfide) groups is 1. The first kappa shape index (κ1) is 25.3. The Labute approximate surface area is 215 Å². The fraction of sp³-hybridized carbons (Fsp3) is 0.250. The molecule has 1 saturated heterocycles. The van der Waals surface area contributed by atoms with Crippen molar-refractivity contribution in [1.29, 1.82) is 0 Å². The van der Waals surface area contributed by atoms with Gasteiger partial charge in [0.25, 0.3) is 0 Å². The van der Waals surface area contributed by atoms with Crippen LogP contribution in [-0.4, -0.2) is 47.9 Å². The zero-order valence-electron chi connectivity index (χ0n) is 20.6. The second-order valence-electron chi connectivity index (χ2n) is 8.38. The van der Waals surface area contributed by atoms with Crippen molar-refractivity contribution in [2.45, 2.75) is 25.0 Å². The molecule has 0 unspecified atom stereocenters. The minimum atomic E-state index is -0.571. The molecule has 0 spiro atoms. The zero-order valence-corrected chi connectivity index (χ0v) is 21.4. The summed E-state index contributed by atoms with van der Waals surface area (Å²) in [5.41, 5.74) is 3.49. The molecule has 36 heavy (non-hydrogen) atoms. The van der Waals surface area contributed by atoms with Crippen LogP contribution >= 0.6 is 11.8 Å². The van der Waals surface area contributed by atoms with Crippen molar-refractivity contribution in [1.82, 2.24) is 4.90 Å². The Morgan fingerprint density at radius 2 is 1.81 bits per heavy atom. The van der Waals surface area contributed by atoms with Crippen LogP contribution in [0.1, 0.15) is 17.5 Å². The Balaban J connectivity index is 1.54. The largest absolute Gasteiger partial charge is 0.493 e. The molecule has 0 bridgehead atoms. The molecule has 1 aliphatic heterocycles. The van der Waals surface area contributed by atoms with E-state index in [1.54, 1.807) is 19.1 Å². The van der Waals surface area contributed by atoms with E-state index in [2.05, 4.69) is 5.32 Å². The van der Waals surface area contributed by atoms with Gasteiger partial charge >= 0.3 is 0 Å². The van der Waals surface area contributed by atoms with Gasteiger partial charge in [0, 0.05) is 18.7 Å². The average molecular weight is 504 g/mol. The number of methoxy groups -OCH3 is 2. The van der Waals surface area contributed by atoms with Crippen molar-refractivity contribution in [3.05, 3.63) is 83.9 Å². The number of hydrogen-bond acceptors (Lipinski definition) is 6. The van der Waals surface area contributed by atoms with Crippen molar-refractivity contribution >= 4 is 40.1 Å². The van der Waals surface area contributed by atoms with Gasteiger partial charge in [-0.3, -0.25) is 14.5 Å². The van der Waals surface area contributed by atoms with Gasteiger partial charge in [0.15, 0.2) is 16.7 Å². The average Bonchev–Trinajstić information content (AvgIpc) is 2.88. The van der Waals surface area contributed by atoms with Gasteiger partial charge in [-0.05, 0) is 60.9 Å². The predicted octanol–water partition coefficient (Wildman–Crippen LogP) is 5.22. The maximum atomic E-state index is 13.3. The van der Waals surface area contributed by atoms with Crippen molar-refractivity contribution in [2.24, 2.45) is 4.99 Å². The van der Waals surface area contributed by atoms with Gasteiger partial charge in [0.2, 0.25) is 11.8 Å². The number of amides is 2. The number of benzene rings is 3. The number of carbonyl (C=O) groups is 2. The fourth-order valence-electron chi connectivity index (χ4n) is 3.90. The number of amidine groups is 1. The molecular weight excluding hydrogens is 474 g/mol. The Morgan fingerprint density at radius 3 is 2.53 bits per heavy atom. The molecule has 0 saturated carbocycles. The number of aryl methyl sites for hydroxylation is 1. The normalized spacial score (nSPS) is 16.6. The first-order valence-corrected chi connectivity index (χ1v) is 12.5. The molecule has 1 fully saturated rings. The summed E-state index contributed by atoms with van der Waals surface area (Å²) in [7, 11) is 3.19. The Bertz CT molecular complexity index is 1260. The van der Waals surface area contributed by atoms with Crippen molar-refractivity contribution in [2.75, 3.05) is 26.1 Å². The monoisotopic (exact) mass is 503 g/mol. The lowest BCUT2D eigenvalue weighted by Gasteiger charge is -2.32. The van der Waals surface area contributed by atoms with Gasteiger partial charge < -0.3 is 14.8 Å². The summed E-state index contributed by atoms with van der Waals surface area (Å²) in [6.07, 6.45) is 0.697. The van der Waals surface area contributed by atoms with Crippen LogP contribution in [0.2, 0.25) is 0 Å². The first-order valence-electron chi connectivity index (χ1n) is 11.7. The maximum absolute atomic E-state index is 13.3. The van der Waals surface area contributed by atoms with E-state index in [1.807, 2.05) is 79.7 Å². The molecule has 0 aromatic heterocycles. The quantitative estimate of drug-likeness (QED) is 0.456. The van der Waals surface area contributed by atoms with E-state index in [0.29, 0.717) is 35.3 Å². The Kier molecular flexibility index (Phi) is 8.28. The number of rotatable bonds is 8. The summed E-state index contributed by atoms with van der Waals surface area (Å²) in [5.74, 6) is 0.951. The smallest absolute Gasteiger partial charge is 0.238 e. The first-order chi connectivity index (χ1) is 17.5. The highest BCUT2D eigenvalue weighted by molar-refractivity contribution is 8.15. The number of nitrogens with zero attached hydrogens (tertiary/aromatic N) is 2. The number of carbonyl (C=O) groups excluding carboxylic acids is 2. The molecule has 1 N–H and O–H groups in total. The lowest BCUT2D eigenvalue weighted by Crippen LogP contribution is -2.46. The van der Waals surface area contributed by atoms with Gasteiger partial charge in [-0.25, -0.2) is 4.99 Å². The summed E-state index contributed by atoms with van der Waals surface area (Å²) in [6.45, 7) is 2.40. The molecule has 2 amide bonds. The highest BCUT2D eigenvalue weighted by Gasteiger charge is 2.35. The minimum absolute atomic E-state index is 0.0993. The number of aliphatic imine (C=N–C) groups is 1. The lowest BCUT2D eigenvalue weighted by molar-refractivity contribution is -0.129. The highest BCUT2D eigenvalue weighted by Crippen LogP contribution is 2.31. The van der Waals surface area contributed by atoms with E-state index < -0.39 is 5.25 Å². The van der Waals surface area contributed by atoms with Crippen LogP contribution in [0.15, 0.2) is 77.8 Å². The maximum Gasteiger partial charge on any atom is 0.238 e. The van der Waals surface area contributed by atoms with Gasteiger partial charge in [-0.1, -0.05) is 48.2 Å². The minimum Gasteiger partial charge on any atom is -0.493 e. The molecule has 4 rings (SSSR count). The number of anilines is 1. The van der Waals surface area contributed by atoms with Gasteiger partial charge in [0.05, 0.1) is 19.9 Å². The lowest BCUT2D eigenvalue weighted by atomic mass is 10.1. The SMILES string of the molecule is COc1ccc(CCN2C(=O)C[C@@H](C(=O)Nc3cccc(C)c3)SC2=Nc2ccccc2)cc1OC. The Morgan fingerprint density at radius 1 is 1.03 bits per heavy atom. The van der Waals surface area contributed by atoms with Gasteiger partial charge in [-0.15, -0.1) is 0 Å². The highest BCUT2D eigenvalue weighted by atomic mass is 32.2. The van der Waals surface area contributed by atoms with E-state index in [-0.39, 0.29) is 18.2 Å². The van der Waals surface area contributed by atoms with E-state index in [4.69, 9.17) is 14.5 Å². The van der Waals surface area contributed by atoms with Gasteiger partial charge in [-0.2, -0.15) is 0 Å².